The van der Waals surface area contributed by atoms with Crippen LogP contribution in [0.4, 0.5) is 0 Å². The molecule has 0 amide bonds. The molecule has 0 aliphatic heterocycles. The largest absolute Gasteiger partial charge is 0.508 e. The number of rotatable bonds is 3. The van der Waals surface area contributed by atoms with Gasteiger partial charge in [0.25, 0.3) is 5.56 Å². The first-order valence-corrected chi connectivity index (χ1v) is 6.69. The van der Waals surface area contributed by atoms with Crippen molar-refractivity contribution in [2.75, 3.05) is 0 Å². The Bertz CT molecular complexity index is 894. The van der Waals surface area contributed by atoms with Crippen LogP contribution in [0, 0.1) is 20.8 Å². The average Bonchev–Trinajstić information content (AvgIpc) is 2.39. The lowest BCUT2D eigenvalue weighted by molar-refractivity contribution is 0.0695. The van der Waals surface area contributed by atoms with Crippen molar-refractivity contribution in [1.29, 1.82) is 0 Å². The van der Waals surface area contributed by atoms with Gasteiger partial charge in [-0.15, -0.1) is 0 Å². The molecule has 0 unspecified atom stereocenters. The summed E-state index contributed by atoms with van der Waals surface area (Å²) in [4.78, 5) is 35.1. The second-order valence-corrected chi connectivity index (χ2v) is 5.21. The molecule has 23 heavy (non-hydrogen) atoms. The van der Waals surface area contributed by atoms with Gasteiger partial charge in [-0.05, 0) is 44.0 Å². The van der Waals surface area contributed by atoms with Gasteiger partial charge in [0.05, 0.1) is 16.8 Å². The van der Waals surface area contributed by atoms with Crippen LogP contribution in [0.25, 0.3) is 5.69 Å². The minimum Gasteiger partial charge on any atom is -0.508 e. The highest BCUT2D eigenvalue weighted by atomic mass is 16.4. The minimum atomic E-state index is -1.28. The molecule has 0 atom stereocenters. The number of carboxylic acids is 2. The number of aromatic carboxylic acids is 2. The second-order valence-electron chi connectivity index (χ2n) is 5.21. The van der Waals surface area contributed by atoms with E-state index < -0.39 is 17.5 Å². The third kappa shape index (κ3) is 2.68. The van der Waals surface area contributed by atoms with E-state index in [1.54, 1.807) is 6.92 Å². The van der Waals surface area contributed by atoms with Crippen LogP contribution in [-0.2, 0) is 0 Å². The first kappa shape index (κ1) is 16.3. The van der Waals surface area contributed by atoms with Crippen molar-refractivity contribution in [1.82, 2.24) is 4.57 Å². The van der Waals surface area contributed by atoms with Gasteiger partial charge in [-0.2, -0.15) is 0 Å². The van der Waals surface area contributed by atoms with Crippen LogP contribution in [0.3, 0.4) is 0 Å². The molecule has 1 aromatic carbocycles. The second kappa shape index (κ2) is 5.60. The molecule has 120 valence electrons. The van der Waals surface area contributed by atoms with Gasteiger partial charge in [0.1, 0.15) is 5.75 Å². The Morgan fingerprint density at radius 2 is 1.57 bits per heavy atom. The maximum absolute atomic E-state index is 12.2. The number of carbonyl (C=O) groups is 2. The smallest absolute Gasteiger partial charge is 0.336 e. The van der Waals surface area contributed by atoms with Crippen molar-refractivity contribution in [3.05, 3.63) is 56.5 Å². The van der Waals surface area contributed by atoms with Gasteiger partial charge < -0.3 is 15.3 Å². The van der Waals surface area contributed by atoms with Crippen LogP contribution in [0.2, 0.25) is 0 Å². The third-order valence-corrected chi connectivity index (χ3v) is 3.71. The maximum Gasteiger partial charge on any atom is 0.336 e. The molecule has 0 radical (unpaired) electrons. The summed E-state index contributed by atoms with van der Waals surface area (Å²) < 4.78 is 1.17. The highest BCUT2D eigenvalue weighted by Crippen LogP contribution is 2.26. The highest BCUT2D eigenvalue weighted by molar-refractivity contribution is 5.99. The van der Waals surface area contributed by atoms with E-state index in [2.05, 4.69) is 0 Å². The van der Waals surface area contributed by atoms with Gasteiger partial charge in [-0.1, -0.05) is 0 Å². The number of carboxylic acid groups (broad SMARTS) is 2. The number of hydrogen-bond acceptors (Lipinski definition) is 4. The van der Waals surface area contributed by atoms with Crippen LogP contribution in [0.15, 0.2) is 23.0 Å². The maximum atomic E-state index is 12.2. The summed E-state index contributed by atoms with van der Waals surface area (Å²) in [5, 5.41) is 28.1. The van der Waals surface area contributed by atoms with E-state index in [0.29, 0.717) is 5.69 Å². The van der Waals surface area contributed by atoms with Gasteiger partial charge in [0, 0.05) is 11.8 Å². The molecule has 2 rings (SSSR count). The summed E-state index contributed by atoms with van der Waals surface area (Å²) in [5.74, 6) is -2.77. The van der Waals surface area contributed by atoms with Crippen molar-refractivity contribution in [3.8, 4) is 11.4 Å². The van der Waals surface area contributed by atoms with Crippen LogP contribution >= 0.6 is 0 Å². The Hall–Kier alpha value is -3.09. The molecule has 2 aromatic rings. The molecule has 1 aromatic heterocycles. The van der Waals surface area contributed by atoms with Crippen molar-refractivity contribution in [2.24, 2.45) is 0 Å². The van der Waals surface area contributed by atoms with E-state index in [1.165, 1.54) is 30.5 Å². The van der Waals surface area contributed by atoms with Gasteiger partial charge >= 0.3 is 11.9 Å². The summed E-state index contributed by atoms with van der Waals surface area (Å²) in [7, 11) is 0. The SMILES string of the molecule is Cc1c(C(=O)O)cc(-n2c(C)cc(O)cc2=O)c(C)c1C(=O)O. The monoisotopic (exact) mass is 317 g/mol. The number of benzene rings is 1. The third-order valence-electron chi connectivity index (χ3n) is 3.71. The fraction of sp³-hybridized carbons (Fsp3) is 0.188. The van der Waals surface area contributed by atoms with Crippen LogP contribution in [-0.4, -0.2) is 31.8 Å². The lowest BCUT2D eigenvalue weighted by Crippen LogP contribution is -2.22. The minimum absolute atomic E-state index is 0.121. The van der Waals surface area contributed by atoms with Gasteiger partial charge in [-0.3, -0.25) is 9.36 Å². The molecular formula is C16H15NO6. The molecule has 0 saturated heterocycles. The molecule has 0 spiro atoms. The van der Waals surface area contributed by atoms with E-state index >= 15 is 0 Å². The number of pyridine rings is 1. The summed E-state index contributed by atoms with van der Waals surface area (Å²) >= 11 is 0. The molecule has 0 saturated carbocycles. The number of nitrogens with zero attached hydrogens (tertiary/aromatic N) is 1. The zero-order valence-corrected chi connectivity index (χ0v) is 12.7. The number of aromatic hydroxyl groups is 1. The fourth-order valence-corrected chi connectivity index (χ4v) is 2.67. The van der Waals surface area contributed by atoms with Gasteiger partial charge in [-0.25, -0.2) is 9.59 Å². The van der Waals surface area contributed by atoms with Gasteiger partial charge in [0.2, 0.25) is 0 Å². The molecule has 0 aliphatic carbocycles. The van der Waals surface area contributed by atoms with E-state index in [9.17, 15) is 29.7 Å². The average molecular weight is 317 g/mol. The zero-order chi connectivity index (χ0) is 17.5. The zero-order valence-electron chi connectivity index (χ0n) is 12.7. The molecule has 1 heterocycles. The summed E-state index contributed by atoms with van der Waals surface area (Å²) in [6.45, 7) is 4.48. The lowest BCUT2D eigenvalue weighted by Gasteiger charge is -2.17. The topological polar surface area (TPSA) is 117 Å². The quantitative estimate of drug-likeness (QED) is 0.795. The van der Waals surface area contributed by atoms with Crippen molar-refractivity contribution >= 4 is 11.9 Å². The van der Waals surface area contributed by atoms with Gasteiger partial charge in [0.15, 0.2) is 0 Å². The summed E-state index contributed by atoms with van der Waals surface area (Å²) in [5.41, 5.74) is -0.0158. The first-order chi connectivity index (χ1) is 10.6. The Morgan fingerprint density at radius 1 is 0.957 bits per heavy atom. The van der Waals surface area contributed by atoms with E-state index in [-0.39, 0.29) is 33.7 Å². The standard InChI is InChI=1S/C16H15NO6/c1-7-4-10(18)5-13(19)17(7)12-6-11(15(20)21)8(2)14(9(12)3)16(22)23/h4-6,18H,1-3H3,(H,20,21)(H,22,23). The first-order valence-electron chi connectivity index (χ1n) is 6.69. The van der Waals surface area contributed by atoms with E-state index in [4.69, 9.17) is 0 Å². The summed E-state index contributed by atoms with van der Waals surface area (Å²) in [6.07, 6.45) is 0. The Morgan fingerprint density at radius 3 is 2.04 bits per heavy atom. The predicted octanol–water partition coefficient (Wildman–Crippen LogP) is 1.86. The fourth-order valence-electron chi connectivity index (χ4n) is 2.67. The van der Waals surface area contributed by atoms with Crippen molar-refractivity contribution in [2.45, 2.75) is 20.8 Å². The molecule has 3 N–H and O–H groups in total. The normalized spacial score (nSPS) is 10.6. The van der Waals surface area contributed by atoms with E-state index in [0.717, 1.165) is 6.07 Å². The molecular weight excluding hydrogens is 302 g/mol. The molecule has 7 heteroatoms. The number of hydrogen-bond donors (Lipinski definition) is 3. The van der Waals surface area contributed by atoms with Crippen molar-refractivity contribution < 1.29 is 24.9 Å². The molecule has 0 fully saturated rings. The number of aryl methyl sites for hydroxylation is 1. The molecule has 0 bridgehead atoms. The van der Waals surface area contributed by atoms with Crippen LogP contribution < -0.4 is 5.56 Å². The highest BCUT2D eigenvalue weighted by Gasteiger charge is 2.22. The lowest BCUT2D eigenvalue weighted by atomic mass is 9.95. The Kier molecular flexibility index (Phi) is 3.97. The Labute approximate surface area is 131 Å². The van der Waals surface area contributed by atoms with Crippen LogP contribution in [0.1, 0.15) is 37.5 Å². The van der Waals surface area contributed by atoms with Crippen molar-refractivity contribution in [3.63, 3.8) is 0 Å². The van der Waals surface area contributed by atoms with E-state index in [1.807, 2.05) is 0 Å². The summed E-state index contributed by atoms with van der Waals surface area (Å²) in [6, 6.07) is 3.58. The Balaban J connectivity index is 2.97. The predicted molar refractivity (Wildman–Crippen MR) is 81.8 cm³/mol. The number of aromatic nitrogens is 1. The molecule has 7 nitrogen and oxygen atoms in total. The molecule has 0 aliphatic rings. The van der Waals surface area contributed by atoms with Crippen LogP contribution in [0.5, 0.6) is 5.75 Å².